The third kappa shape index (κ3) is 3.59. The van der Waals surface area contributed by atoms with Crippen molar-refractivity contribution in [1.82, 2.24) is 9.97 Å². The molecule has 0 radical (unpaired) electrons. The van der Waals surface area contributed by atoms with Crippen molar-refractivity contribution in [1.29, 1.82) is 0 Å². The lowest BCUT2D eigenvalue weighted by molar-refractivity contribution is -0.116. The normalized spacial score (nSPS) is 15.7. The van der Waals surface area contributed by atoms with Gasteiger partial charge in [0.15, 0.2) is 16.7 Å². The maximum Gasteiger partial charge on any atom is 0.257 e. The largest absolute Gasteiger partial charge is 0.504 e. The van der Waals surface area contributed by atoms with E-state index in [4.69, 9.17) is 0 Å². The molecule has 0 aliphatic carbocycles. The topological polar surface area (TPSA) is 115 Å². The molecule has 1 unspecified atom stereocenters. The minimum atomic E-state index is -0.556. The number of carbonyl (C=O) groups excluding carboxylic acids is 1. The number of benzene rings is 2. The molecule has 0 saturated carbocycles. The van der Waals surface area contributed by atoms with Crippen LogP contribution in [0.3, 0.4) is 0 Å². The number of fused-ring (bicyclic) bond motifs is 1. The van der Waals surface area contributed by atoms with Gasteiger partial charge in [0.1, 0.15) is 5.82 Å². The van der Waals surface area contributed by atoms with E-state index in [-0.39, 0.29) is 35.2 Å². The van der Waals surface area contributed by atoms with Gasteiger partial charge in [-0.15, -0.1) is 0 Å². The molecule has 2 heterocycles. The quantitative estimate of drug-likeness (QED) is 0.307. The fraction of sp³-hybridized carbons (Fsp3) is 0.150. The van der Waals surface area contributed by atoms with Crippen molar-refractivity contribution in [3.8, 4) is 11.5 Å². The second-order valence-electron chi connectivity index (χ2n) is 6.46. The Labute approximate surface area is 164 Å². The molecule has 1 atom stereocenters. The SMILES string of the molecule is O=C1CC(c2ccc(O)c(O)c2)c2c(nc(SCc3ccccc3)[nH]c2=O)N1. The highest BCUT2D eigenvalue weighted by Crippen LogP contribution is 2.37. The fourth-order valence-electron chi connectivity index (χ4n) is 3.19. The second kappa shape index (κ2) is 7.40. The predicted molar refractivity (Wildman–Crippen MR) is 106 cm³/mol. The first-order valence-corrected chi connectivity index (χ1v) is 9.62. The number of phenolic OH excluding ortho intramolecular Hbond substituents is 2. The molecule has 1 aliphatic rings. The average Bonchev–Trinajstić information content (AvgIpc) is 2.68. The summed E-state index contributed by atoms with van der Waals surface area (Å²) in [5.74, 6) is -0.519. The number of H-pyrrole nitrogens is 1. The van der Waals surface area contributed by atoms with Crippen molar-refractivity contribution in [2.75, 3.05) is 5.32 Å². The first-order valence-electron chi connectivity index (χ1n) is 8.64. The molecular weight excluding hydrogens is 378 g/mol. The van der Waals surface area contributed by atoms with E-state index in [9.17, 15) is 19.8 Å². The number of amides is 1. The van der Waals surface area contributed by atoms with Gasteiger partial charge in [0.2, 0.25) is 5.91 Å². The third-order valence-electron chi connectivity index (χ3n) is 4.55. The molecule has 8 heteroatoms. The van der Waals surface area contributed by atoms with Gasteiger partial charge in [-0.1, -0.05) is 48.2 Å². The number of phenols is 2. The van der Waals surface area contributed by atoms with Crippen LogP contribution in [0.2, 0.25) is 0 Å². The van der Waals surface area contributed by atoms with Gasteiger partial charge in [-0.05, 0) is 23.3 Å². The van der Waals surface area contributed by atoms with E-state index >= 15 is 0 Å². The predicted octanol–water partition coefficient (Wildman–Crippen LogP) is 2.95. The molecule has 4 rings (SSSR count). The summed E-state index contributed by atoms with van der Waals surface area (Å²) in [6.45, 7) is 0. The van der Waals surface area contributed by atoms with Crippen LogP contribution in [-0.4, -0.2) is 26.1 Å². The monoisotopic (exact) mass is 395 g/mol. The number of aromatic hydroxyl groups is 2. The summed E-state index contributed by atoms with van der Waals surface area (Å²) in [6, 6.07) is 14.1. The lowest BCUT2D eigenvalue weighted by atomic mass is 9.86. The van der Waals surface area contributed by atoms with Crippen LogP contribution in [0.25, 0.3) is 0 Å². The van der Waals surface area contributed by atoms with Crippen LogP contribution in [0.15, 0.2) is 58.5 Å². The van der Waals surface area contributed by atoms with Crippen LogP contribution < -0.4 is 10.9 Å². The maximum atomic E-state index is 12.8. The molecule has 142 valence electrons. The highest BCUT2D eigenvalue weighted by atomic mass is 32.2. The van der Waals surface area contributed by atoms with Crippen LogP contribution in [0.4, 0.5) is 5.82 Å². The molecule has 1 aliphatic heterocycles. The Morgan fingerprint density at radius 1 is 1.07 bits per heavy atom. The fourth-order valence-corrected chi connectivity index (χ4v) is 4.00. The van der Waals surface area contributed by atoms with E-state index in [0.717, 1.165) is 5.56 Å². The molecule has 1 amide bonds. The molecule has 2 aromatic carbocycles. The summed E-state index contributed by atoms with van der Waals surface area (Å²) in [6.07, 6.45) is 0.0540. The molecule has 3 aromatic rings. The minimum absolute atomic E-state index is 0.0540. The second-order valence-corrected chi connectivity index (χ2v) is 7.42. The molecule has 0 fully saturated rings. The van der Waals surface area contributed by atoms with Crippen molar-refractivity contribution in [3.05, 3.63) is 75.6 Å². The summed E-state index contributed by atoms with van der Waals surface area (Å²) in [5.41, 5.74) is 1.66. The summed E-state index contributed by atoms with van der Waals surface area (Å²) in [5, 5.41) is 22.4. The molecule has 0 bridgehead atoms. The molecule has 4 N–H and O–H groups in total. The zero-order valence-electron chi connectivity index (χ0n) is 14.7. The molecule has 28 heavy (non-hydrogen) atoms. The smallest absolute Gasteiger partial charge is 0.257 e. The van der Waals surface area contributed by atoms with E-state index in [0.29, 0.717) is 22.0 Å². The van der Waals surface area contributed by atoms with Crippen LogP contribution in [-0.2, 0) is 10.5 Å². The average molecular weight is 395 g/mol. The lowest BCUT2D eigenvalue weighted by Crippen LogP contribution is -2.31. The number of carbonyl (C=O) groups is 1. The van der Waals surface area contributed by atoms with Crippen molar-refractivity contribution in [2.45, 2.75) is 23.2 Å². The lowest BCUT2D eigenvalue weighted by Gasteiger charge is -2.24. The molecule has 0 saturated heterocycles. The van der Waals surface area contributed by atoms with Crippen molar-refractivity contribution in [2.24, 2.45) is 0 Å². The number of nitrogens with zero attached hydrogens (tertiary/aromatic N) is 1. The van der Waals surface area contributed by atoms with Gasteiger partial charge in [0, 0.05) is 18.1 Å². The van der Waals surface area contributed by atoms with E-state index in [2.05, 4.69) is 15.3 Å². The van der Waals surface area contributed by atoms with Gasteiger partial charge in [-0.2, -0.15) is 0 Å². The van der Waals surface area contributed by atoms with Gasteiger partial charge >= 0.3 is 0 Å². The maximum absolute atomic E-state index is 12.8. The number of thioether (sulfide) groups is 1. The van der Waals surface area contributed by atoms with E-state index < -0.39 is 5.92 Å². The Bertz CT molecular complexity index is 1100. The van der Waals surface area contributed by atoms with Gasteiger partial charge < -0.3 is 20.5 Å². The number of hydrogen-bond donors (Lipinski definition) is 4. The molecule has 7 nitrogen and oxygen atoms in total. The van der Waals surface area contributed by atoms with Gasteiger partial charge in [0.25, 0.3) is 5.56 Å². The van der Waals surface area contributed by atoms with Crippen LogP contribution >= 0.6 is 11.8 Å². The number of aromatic nitrogens is 2. The number of nitrogens with one attached hydrogen (secondary N) is 2. The van der Waals surface area contributed by atoms with Gasteiger partial charge in [0.05, 0.1) is 5.56 Å². The first kappa shape index (κ1) is 18.1. The van der Waals surface area contributed by atoms with E-state index in [1.165, 1.54) is 23.9 Å². The number of aromatic amines is 1. The summed E-state index contributed by atoms with van der Waals surface area (Å²) in [4.78, 5) is 32.1. The van der Waals surface area contributed by atoms with Gasteiger partial charge in [-0.3, -0.25) is 9.59 Å². The Hall–Kier alpha value is -3.26. The third-order valence-corrected chi connectivity index (χ3v) is 5.49. The Morgan fingerprint density at radius 3 is 2.61 bits per heavy atom. The van der Waals surface area contributed by atoms with Crippen LogP contribution in [0.1, 0.15) is 29.0 Å². The summed E-state index contributed by atoms with van der Waals surface area (Å²) in [7, 11) is 0. The zero-order chi connectivity index (χ0) is 19.7. The number of anilines is 1. The van der Waals surface area contributed by atoms with E-state index in [1.807, 2.05) is 30.3 Å². The molecular formula is C20H17N3O4S. The Balaban J connectivity index is 1.68. The first-order chi connectivity index (χ1) is 13.5. The molecule has 1 aromatic heterocycles. The van der Waals surface area contributed by atoms with Crippen molar-refractivity contribution >= 4 is 23.5 Å². The Kier molecular flexibility index (Phi) is 4.79. The number of hydrogen-bond acceptors (Lipinski definition) is 6. The highest BCUT2D eigenvalue weighted by Gasteiger charge is 2.31. The zero-order valence-corrected chi connectivity index (χ0v) is 15.5. The van der Waals surface area contributed by atoms with Gasteiger partial charge in [-0.25, -0.2) is 4.98 Å². The van der Waals surface area contributed by atoms with Crippen molar-refractivity contribution in [3.63, 3.8) is 0 Å². The van der Waals surface area contributed by atoms with Crippen LogP contribution in [0.5, 0.6) is 11.5 Å². The van der Waals surface area contributed by atoms with E-state index in [1.54, 1.807) is 6.07 Å². The minimum Gasteiger partial charge on any atom is -0.504 e. The summed E-state index contributed by atoms with van der Waals surface area (Å²) >= 11 is 1.37. The molecule has 0 spiro atoms. The highest BCUT2D eigenvalue weighted by molar-refractivity contribution is 7.98. The van der Waals surface area contributed by atoms with Crippen LogP contribution in [0, 0.1) is 0 Å². The standard InChI is InChI=1S/C20H17N3O4S/c24-14-7-6-12(8-15(14)25)13-9-16(26)21-18-17(13)19(27)23-20(22-18)28-10-11-4-2-1-3-5-11/h1-8,13,24-25H,9-10H2,(H2,21,22,23,26,27). The number of rotatable bonds is 4. The van der Waals surface area contributed by atoms with Crippen molar-refractivity contribution < 1.29 is 15.0 Å². The summed E-state index contributed by atoms with van der Waals surface area (Å²) < 4.78 is 0. The Morgan fingerprint density at radius 2 is 1.86 bits per heavy atom.